The van der Waals surface area contributed by atoms with Gasteiger partial charge in [-0.3, -0.25) is 4.98 Å². The minimum absolute atomic E-state index is 0.600. The molecule has 3 heteroatoms. The Labute approximate surface area is 113 Å². The van der Waals surface area contributed by atoms with E-state index in [-0.39, 0.29) is 0 Å². The first-order valence-corrected chi connectivity index (χ1v) is 6.90. The van der Waals surface area contributed by atoms with E-state index in [4.69, 9.17) is 0 Å². The van der Waals surface area contributed by atoms with Gasteiger partial charge in [0.15, 0.2) is 0 Å². The van der Waals surface area contributed by atoms with Crippen molar-refractivity contribution in [3.05, 3.63) is 42.1 Å². The van der Waals surface area contributed by atoms with Gasteiger partial charge in [-0.15, -0.1) is 0 Å². The molecule has 1 saturated heterocycles. The number of likely N-dealkylation sites (tertiary alicyclic amines) is 1. The van der Waals surface area contributed by atoms with E-state index < -0.39 is 5.60 Å². The molecular weight excluding hydrogens is 236 g/mol. The highest BCUT2D eigenvalue weighted by Crippen LogP contribution is 2.27. The molecule has 1 aromatic carbocycles. The summed E-state index contributed by atoms with van der Waals surface area (Å²) in [5.41, 5.74) is 1.60. The highest BCUT2D eigenvalue weighted by molar-refractivity contribution is 5.81. The largest absolute Gasteiger partial charge is 0.388 e. The Morgan fingerprint density at radius 1 is 1.32 bits per heavy atom. The van der Waals surface area contributed by atoms with Crippen LogP contribution in [0.25, 0.3) is 10.9 Å². The topological polar surface area (TPSA) is 36.4 Å². The SMILES string of the molecule is CN1CCCC(O)(Cc2ccnc3ccccc23)C1. The van der Waals surface area contributed by atoms with Crippen molar-refractivity contribution in [2.24, 2.45) is 0 Å². The van der Waals surface area contributed by atoms with Crippen LogP contribution in [0.15, 0.2) is 36.5 Å². The molecule has 0 aliphatic carbocycles. The average molecular weight is 256 g/mol. The molecule has 2 aromatic rings. The maximum Gasteiger partial charge on any atom is 0.0814 e. The molecule has 3 rings (SSSR count). The fraction of sp³-hybridized carbons (Fsp3) is 0.438. The van der Waals surface area contributed by atoms with Crippen molar-refractivity contribution >= 4 is 10.9 Å². The van der Waals surface area contributed by atoms with E-state index in [0.29, 0.717) is 6.42 Å². The Hall–Kier alpha value is -1.45. The second-order valence-electron chi connectivity index (χ2n) is 5.73. The lowest BCUT2D eigenvalue weighted by Gasteiger charge is -2.37. The Morgan fingerprint density at radius 3 is 3.00 bits per heavy atom. The fourth-order valence-corrected chi connectivity index (χ4v) is 3.15. The predicted molar refractivity (Wildman–Crippen MR) is 77.1 cm³/mol. The van der Waals surface area contributed by atoms with E-state index in [1.54, 1.807) is 0 Å². The molecule has 1 fully saturated rings. The van der Waals surface area contributed by atoms with Crippen molar-refractivity contribution in [3.8, 4) is 0 Å². The molecule has 0 radical (unpaired) electrons. The van der Waals surface area contributed by atoms with Gasteiger partial charge in [0, 0.05) is 24.5 Å². The van der Waals surface area contributed by atoms with Gasteiger partial charge in [-0.1, -0.05) is 18.2 Å². The lowest BCUT2D eigenvalue weighted by atomic mass is 9.86. The van der Waals surface area contributed by atoms with Crippen molar-refractivity contribution in [1.29, 1.82) is 0 Å². The Balaban J connectivity index is 1.92. The Bertz CT molecular complexity index is 578. The maximum absolute atomic E-state index is 10.8. The molecular formula is C16H20N2O. The van der Waals surface area contributed by atoms with Crippen LogP contribution in [0.1, 0.15) is 18.4 Å². The van der Waals surface area contributed by atoms with E-state index in [9.17, 15) is 5.11 Å². The molecule has 1 aromatic heterocycles. The third kappa shape index (κ3) is 2.62. The van der Waals surface area contributed by atoms with Crippen LogP contribution in [-0.2, 0) is 6.42 Å². The van der Waals surface area contributed by atoms with Crippen LogP contribution in [0.4, 0.5) is 0 Å². The molecule has 1 aliphatic heterocycles. The van der Waals surface area contributed by atoms with Crippen LogP contribution in [0.5, 0.6) is 0 Å². The molecule has 1 N–H and O–H groups in total. The first kappa shape index (κ1) is 12.6. The van der Waals surface area contributed by atoms with Gasteiger partial charge in [0.1, 0.15) is 0 Å². The van der Waals surface area contributed by atoms with E-state index in [1.165, 1.54) is 5.56 Å². The number of aromatic nitrogens is 1. The van der Waals surface area contributed by atoms with Gasteiger partial charge in [-0.25, -0.2) is 0 Å². The number of para-hydroxylation sites is 1. The number of hydrogen-bond donors (Lipinski definition) is 1. The summed E-state index contributed by atoms with van der Waals surface area (Å²) < 4.78 is 0. The van der Waals surface area contributed by atoms with Crippen molar-refractivity contribution in [2.45, 2.75) is 24.9 Å². The summed E-state index contributed by atoms with van der Waals surface area (Å²) >= 11 is 0. The standard InChI is InChI=1S/C16H20N2O/c1-18-10-4-8-16(19,12-18)11-13-7-9-17-15-6-3-2-5-14(13)15/h2-3,5-7,9,19H,4,8,10-12H2,1H3. The smallest absolute Gasteiger partial charge is 0.0814 e. The van der Waals surface area contributed by atoms with Crippen molar-refractivity contribution in [1.82, 2.24) is 9.88 Å². The van der Waals surface area contributed by atoms with Gasteiger partial charge in [0.25, 0.3) is 0 Å². The van der Waals surface area contributed by atoms with Crippen molar-refractivity contribution in [2.75, 3.05) is 20.1 Å². The highest BCUT2D eigenvalue weighted by atomic mass is 16.3. The van der Waals surface area contributed by atoms with E-state index >= 15 is 0 Å². The number of fused-ring (bicyclic) bond motifs is 1. The first-order chi connectivity index (χ1) is 9.16. The number of piperidine rings is 1. The number of β-amino-alcohol motifs (C(OH)–C–C–N with tert-alkyl or cyclic N) is 1. The normalized spacial score (nSPS) is 24.7. The predicted octanol–water partition coefficient (Wildman–Crippen LogP) is 2.23. The second kappa shape index (κ2) is 4.91. The van der Waals surface area contributed by atoms with Crippen molar-refractivity contribution < 1.29 is 5.11 Å². The lowest BCUT2D eigenvalue weighted by molar-refractivity contribution is -0.0221. The first-order valence-electron chi connectivity index (χ1n) is 6.90. The molecule has 0 amide bonds. The minimum atomic E-state index is -0.600. The average Bonchev–Trinajstić information content (AvgIpc) is 2.38. The summed E-state index contributed by atoms with van der Waals surface area (Å²) in [5, 5.41) is 12.0. The molecule has 19 heavy (non-hydrogen) atoms. The molecule has 3 nitrogen and oxygen atoms in total. The quantitative estimate of drug-likeness (QED) is 0.895. The number of likely N-dealkylation sites (N-methyl/N-ethyl adjacent to an activating group) is 1. The monoisotopic (exact) mass is 256 g/mol. The van der Waals surface area contributed by atoms with E-state index in [2.05, 4.69) is 23.0 Å². The Morgan fingerprint density at radius 2 is 2.16 bits per heavy atom. The van der Waals surface area contributed by atoms with Crippen LogP contribution in [0.2, 0.25) is 0 Å². The molecule has 1 aliphatic rings. The molecule has 0 saturated carbocycles. The number of rotatable bonds is 2. The maximum atomic E-state index is 10.8. The number of nitrogens with zero attached hydrogens (tertiary/aromatic N) is 2. The van der Waals surface area contributed by atoms with E-state index in [1.807, 2.05) is 30.5 Å². The van der Waals surface area contributed by atoms with Gasteiger partial charge in [-0.05, 0) is 44.1 Å². The van der Waals surface area contributed by atoms with Crippen LogP contribution >= 0.6 is 0 Å². The van der Waals surface area contributed by atoms with Crippen LogP contribution in [0.3, 0.4) is 0 Å². The lowest BCUT2D eigenvalue weighted by Crippen LogP contribution is -2.47. The molecule has 0 spiro atoms. The van der Waals surface area contributed by atoms with Crippen LogP contribution in [-0.4, -0.2) is 40.7 Å². The number of benzene rings is 1. The van der Waals surface area contributed by atoms with Gasteiger partial charge in [0.2, 0.25) is 0 Å². The third-order valence-corrected chi connectivity index (χ3v) is 4.01. The fourth-order valence-electron chi connectivity index (χ4n) is 3.15. The number of aliphatic hydroxyl groups is 1. The summed E-state index contributed by atoms with van der Waals surface area (Å²) in [4.78, 5) is 6.60. The molecule has 2 heterocycles. The number of hydrogen-bond acceptors (Lipinski definition) is 3. The van der Waals surface area contributed by atoms with Gasteiger partial charge >= 0.3 is 0 Å². The summed E-state index contributed by atoms with van der Waals surface area (Å²) in [6.07, 6.45) is 4.50. The van der Waals surface area contributed by atoms with Gasteiger partial charge in [-0.2, -0.15) is 0 Å². The third-order valence-electron chi connectivity index (χ3n) is 4.01. The zero-order valence-electron chi connectivity index (χ0n) is 11.3. The zero-order valence-corrected chi connectivity index (χ0v) is 11.3. The highest BCUT2D eigenvalue weighted by Gasteiger charge is 2.32. The van der Waals surface area contributed by atoms with Gasteiger partial charge < -0.3 is 10.0 Å². The molecule has 1 atom stereocenters. The second-order valence-corrected chi connectivity index (χ2v) is 5.73. The summed E-state index contributed by atoms with van der Waals surface area (Å²) in [5.74, 6) is 0. The summed E-state index contributed by atoms with van der Waals surface area (Å²) in [6, 6.07) is 10.2. The van der Waals surface area contributed by atoms with Crippen LogP contribution < -0.4 is 0 Å². The zero-order chi connectivity index (χ0) is 13.3. The van der Waals surface area contributed by atoms with Crippen molar-refractivity contribution in [3.63, 3.8) is 0 Å². The molecule has 0 bridgehead atoms. The van der Waals surface area contributed by atoms with E-state index in [0.717, 1.165) is 36.8 Å². The van der Waals surface area contributed by atoms with Crippen LogP contribution in [0, 0.1) is 0 Å². The Kier molecular flexibility index (Phi) is 3.25. The minimum Gasteiger partial charge on any atom is -0.388 e. The summed E-state index contributed by atoms with van der Waals surface area (Å²) in [6.45, 7) is 1.84. The molecule has 100 valence electrons. The summed E-state index contributed by atoms with van der Waals surface area (Å²) in [7, 11) is 2.08. The molecule has 1 unspecified atom stereocenters. The van der Waals surface area contributed by atoms with Gasteiger partial charge in [0.05, 0.1) is 11.1 Å². The number of pyridine rings is 1.